The number of aliphatic hydroxyl groups is 8. The van der Waals surface area contributed by atoms with Gasteiger partial charge in [-0.1, -0.05) is 44.9 Å². The molecule has 8 aliphatic rings. The van der Waals surface area contributed by atoms with Gasteiger partial charge in [-0.25, -0.2) is 4.79 Å². The smallest absolute Gasteiger partial charge is 0.330 e. The molecule has 0 aromatic carbocycles. The number of esters is 1. The Labute approximate surface area is 440 Å². The Bertz CT molecular complexity index is 2060. The molecular formula is C54H86O21. The van der Waals surface area contributed by atoms with Crippen LogP contribution in [0.25, 0.3) is 0 Å². The number of ether oxygens (including phenoxy) is 11. The van der Waals surface area contributed by atoms with Crippen LogP contribution in [0.5, 0.6) is 0 Å². The van der Waals surface area contributed by atoms with Crippen molar-refractivity contribution in [3.63, 3.8) is 0 Å². The van der Waals surface area contributed by atoms with Crippen molar-refractivity contribution in [2.45, 2.75) is 254 Å². The lowest BCUT2D eigenvalue weighted by Gasteiger charge is -2.66. The Balaban J connectivity index is 0.868. The zero-order valence-electron chi connectivity index (χ0n) is 45.4. The van der Waals surface area contributed by atoms with Gasteiger partial charge in [-0.3, -0.25) is 4.79 Å². The molecule has 8 rings (SSSR count). The van der Waals surface area contributed by atoms with Crippen molar-refractivity contribution >= 4 is 11.8 Å². The van der Waals surface area contributed by atoms with E-state index in [0.717, 1.165) is 11.1 Å². The fourth-order valence-corrected chi connectivity index (χ4v) is 14.1. The number of fused-ring (bicyclic) bond motifs is 5. The van der Waals surface area contributed by atoms with Gasteiger partial charge >= 0.3 is 5.97 Å². The van der Waals surface area contributed by atoms with E-state index in [2.05, 4.69) is 6.92 Å². The minimum absolute atomic E-state index is 0.0616. The van der Waals surface area contributed by atoms with Gasteiger partial charge in [0.05, 0.1) is 60.9 Å². The van der Waals surface area contributed by atoms with Gasteiger partial charge in [0.2, 0.25) is 0 Å². The lowest BCUT2D eigenvalue weighted by molar-refractivity contribution is -0.356. The minimum atomic E-state index is -1.96. The lowest BCUT2D eigenvalue weighted by Crippen LogP contribution is -2.76. The number of Topliss-reactive ketones (excluding diaryl/α,β-unsaturated/α-hetero) is 1. The van der Waals surface area contributed by atoms with Gasteiger partial charge in [0.1, 0.15) is 65.8 Å². The number of allylic oxidation sites excluding steroid dienone is 1. The number of carbonyl (C=O) groups excluding carboxylic acids is 2. The molecule has 0 aromatic heterocycles. The molecule has 3 saturated carbocycles. The summed E-state index contributed by atoms with van der Waals surface area (Å²) < 4.78 is 67.9. The first-order chi connectivity index (χ1) is 35.2. The zero-order chi connectivity index (χ0) is 54.9. The molecule has 0 unspecified atom stereocenters. The molecule has 75 heavy (non-hydrogen) atoms. The molecule has 26 atom stereocenters. The van der Waals surface area contributed by atoms with Crippen molar-refractivity contribution in [2.24, 2.45) is 28.6 Å². The summed E-state index contributed by atoms with van der Waals surface area (Å²) >= 11 is 0. The van der Waals surface area contributed by atoms with Gasteiger partial charge in [-0.05, 0) is 84.5 Å². The van der Waals surface area contributed by atoms with Crippen LogP contribution in [0.1, 0.15) is 120 Å². The normalized spacial score (nSPS) is 50.3. The average Bonchev–Trinajstić information content (AvgIpc) is 3.58. The van der Waals surface area contributed by atoms with Crippen LogP contribution in [-0.4, -0.2) is 207 Å². The van der Waals surface area contributed by atoms with Gasteiger partial charge in [0, 0.05) is 51.4 Å². The highest BCUT2D eigenvalue weighted by molar-refractivity contribution is 5.83. The third-order valence-corrected chi connectivity index (χ3v) is 19.0. The van der Waals surface area contributed by atoms with Crippen LogP contribution in [0.2, 0.25) is 0 Å². The Hall–Kier alpha value is -2.10. The summed E-state index contributed by atoms with van der Waals surface area (Å²) in [5.74, 6) is -2.35. The Kier molecular flexibility index (Phi) is 17.9. The van der Waals surface area contributed by atoms with Crippen LogP contribution in [-0.2, 0) is 61.7 Å². The van der Waals surface area contributed by atoms with Crippen molar-refractivity contribution in [1.29, 1.82) is 0 Å². The Morgan fingerprint density at radius 1 is 0.773 bits per heavy atom. The number of rotatable bonds is 15. The summed E-state index contributed by atoms with van der Waals surface area (Å²) in [6, 6.07) is 0. The Morgan fingerprint density at radius 2 is 1.35 bits per heavy atom. The number of carbonyl (C=O) groups is 2. The summed E-state index contributed by atoms with van der Waals surface area (Å²) in [7, 11) is 3.07. The lowest BCUT2D eigenvalue weighted by atomic mass is 9.43. The zero-order valence-corrected chi connectivity index (χ0v) is 45.4. The standard InChI is InChI=1S/C54H86O21/c1-24(2)25(3)16-39(58)72-38-21-37-51(8)14-13-31(17-30(51)12-15-53(37,63)54(64)22-32(26(4)56)49(62)52(38,54)9)70-41-19-34(65-10)47(28(6)68-41)74-40-18-33(57)46(27(5)67-40)73-42-20-35(66-11)48(29(7)69-42)75-50-45(61)44(60)43(59)36(23-55)71-50/h12,16,24,27-29,31-38,40-50,55,57,59-64H,13-15,17-23H2,1-11H3/b25-16+/t27-,28-,29-,31+,32+,33-,34-,35-,36+,37-,38+,40+,41+,42+,43+,44-,45+,46-,47-,48-,49+,50-,51+,52-,53+,54-/m1/s1. The summed E-state index contributed by atoms with van der Waals surface area (Å²) in [4.78, 5) is 26.5. The van der Waals surface area contributed by atoms with Gasteiger partial charge in [-0.2, -0.15) is 0 Å². The van der Waals surface area contributed by atoms with E-state index in [4.69, 9.17) is 52.1 Å². The third-order valence-electron chi connectivity index (χ3n) is 19.0. The van der Waals surface area contributed by atoms with Crippen molar-refractivity contribution in [3.8, 4) is 0 Å². The maximum absolute atomic E-state index is 13.5. The van der Waals surface area contributed by atoms with Crippen LogP contribution in [0.15, 0.2) is 23.3 Å². The molecular weight excluding hydrogens is 985 g/mol. The number of ketones is 1. The summed E-state index contributed by atoms with van der Waals surface area (Å²) in [6.45, 7) is 15.6. The maximum Gasteiger partial charge on any atom is 0.330 e. The first-order valence-electron chi connectivity index (χ1n) is 27.1. The minimum Gasteiger partial charge on any atom is -0.458 e. The van der Waals surface area contributed by atoms with Crippen molar-refractivity contribution in [2.75, 3.05) is 20.8 Å². The van der Waals surface area contributed by atoms with Crippen LogP contribution in [0, 0.1) is 28.6 Å². The second-order valence-electron chi connectivity index (χ2n) is 23.7. The predicted molar refractivity (Wildman–Crippen MR) is 262 cm³/mol. The Morgan fingerprint density at radius 3 is 1.92 bits per heavy atom. The van der Waals surface area contributed by atoms with E-state index in [9.17, 15) is 50.4 Å². The highest BCUT2D eigenvalue weighted by atomic mass is 16.8. The van der Waals surface area contributed by atoms with E-state index in [0.29, 0.717) is 25.7 Å². The highest BCUT2D eigenvalue weighted by Gasteiger charge is 2.79. The van der Waals surface area contributed by atoms with Crippen LogP contribution >= 0.6 is 0 Å². The molecule has 21 heteroatoms. The van der Waals surface area contributed by atoms with Crippen molar-refractivity contribution < 1.29 is 103 Å². The predicted octanol–water partition coefficient (Wildman–Crippen LogP) is 1.62. The fraction of sp³-hybridized carbons (Fsp3) is 0.889. The van der Waals surface area contributed by atoms with Gasteiger partial charge in [0.25, 0.3) is 0 Å². The van der Waals surface area contributed by atoms with Crippen LogP contribution < -0.4 is 0 Å². The van der Waals surface area contributed by atoms with E-state index in [1.54, 1.807) is 27.9 Å². The van der Waals surface area contributed by atoms with Gasteiger partial charge < -0.3 is 93.0 Å². The molecule has 8 N–H and O–H groups in total. The van der Waals surface area contributed by atoms with Crippen LogP contribution in [0.4, 0.5) is 0 Å². The molecule has 7 fully saturated rings. The molecule has 0 aromatic rings. The van der Waals surface area contributed by atoms with Crippen LogP contribution in [0.3, 0.4) is 0 Å². The molecule has 0 bridgehead atoms. The molecule has 4 heterocycles. The summed E-state index contributed by atoms with van der Waals surface area (Å²) in [6.07, 6.45) is -12.8. The van der Waals surface area contributed by atoms with E-state index in [1.165, 1.54) is 20.1 Å². The topological polar surface area (TPSA) is 298 Å². The van der Waals surface area contributed by atoms with Gasteiger partial charge in [0.15, 0.2) is 25.2 Å². The van der Waals surface area contributed by atoms with Crippen molar-refractivity contribution in [1.82, 2.24) is 0 Å². The van der Waals surface area contributed by atoms with E-state index in [-0.39, 0.29) is 49.9 Å². The van der Waals surface area contributed by atoms with E-state index < -0.39 is 163 Å². The van der Waals surface area contributed by atoms with Crippen molar-refractivity contribution in [3.05, 3.63) is 23.3 Å². The first kappa shape index (κ1) is 59.0. The number of hydrogen-bond donors (Lipinski definition) is 8. The highest BCUT2D eigenvalue weighted by Crippen LogP contribution is 2.69. The fourth-order valence-electron chi connectivity index (χ4n) is 14.1. The molecule has 428 valence electrons. The maximum atomic E-state index is 13.5. The van der Waals surface area contributed by atoms with Gasteiger partial charge in [-0.15, -0.1) is 0 Å². The quantitative estimate of drug-likeness (QED) is 0.0657. The molecule has 4 aliphatic carbocycles. The third kappa shape index (κ3) is 10.7. The molecule has 4 aliphatic heterocycles. The first-order valence-corrected chi connectivity index (χ1v) is 27.1. The molecule has 4 saturated heterocycles. The SMILES string of the molecule is CO[C@@H]1C[C@H](O[C@H]2CC[C@@]3(C)C(=CC[C@]4(O)[C@@H]3C[C@H](OC(=O)/C=C(\C)C(C)C)[C@]3(C)[C@@H](O)[C@H](C(C)=O)C[C@@]34O)C2)O[C@H](C)[C@H]1O[C@H]1C[C@@H](O)[C@H](O[C@H]2C[C@@H](OC)[C@H](O[C@H]3O[C@@H](CO)[C@H](O)[C@@H](O)[C@@H]3O)[C@@H](C)O2)[C@@H](C)O1. The average molecular weight is 1070 g/mol. The monoisotopic (exact) mass is 1070 g/mol. The summed E-state index contributed by atoms with van der Waals surface area (Å²) in [5.41, 5.74) is -4.02. The number of methoxy groups -OCH3 is 2. The number of hydrogen-bond acceptors (Lipinski definition) is 21. The second-order valence-corrected chi connectivity index (χ2v) is 23.7. The van der Waals surface area contributed by atoms with E-state index >= 15 is 0 Å². The number of aliphatic hydroxyl groups excluding tert-OH is 6. The molecule has 0 spiro atoms. The largest absolute Gasteiger partial charge is 0.458 e. The van der Waals surface area contributed by atoms with E-state index in [1.807, 2.05) is 33.8 Å². The molecule has 0 radical (unpaired) electrons. The second kappa shape index (κ2) is 22.8. The molecule has 0 amide bonds. The summed E-state index contributed by atoms with van der Waals surface area (Å²) in [5, 5.41) is 89.8. The molecule has 21 nitrogen and oxygen atoms in total.